The lowest BCUT2D eigenvalue weighted by atomic mass is 9.98. The average Bonchev–Trinajstić information content (AvgIpc) is 2.69. The van der Waals surface area contributed by atoms with Gasteiger partial charge < -0.3 is 25.2 Å². The molecule has 0 saturated heterocycles. The third kappa shape index (κ3) is 4.21. The molecule has 8 heteroatoms. The number of nitrogens with zero attached hydrogens (tertiary/aromatic N) is 1. The van der Waals surface area contributed by atoms with E-state index in [2.05, 4.69) is 4.74 Å². The number of phenolic OH excluding ortho intramolecular Hbond substituents is 1. The number of hydrogen-bond donors (Lipinski definition) is 2. The Morgan fingerprint density at radius 3 is 2.82 bits per heavy atom. The van der Waals surface area contributed by atoms with Gasteiger partial charge >= 0.3 is 6.16 Å². The first-order valence-electron chi connectivity index (χ1n) is 8.82. The molecular formula is C20H21ClN2O5. The number of para-hydroxylation sites is 1. The van der Waals surface area contributed by atoms with Gasteiger partial charge in [0, 0.05) is 11.6 Å². The Balaban J connectivity index is 1.75. The number of aromatic hydroxyl groups is 1. The molecule has 1 aliphatic rings. The first-order valence-corrected chi connectivity index (χ1v) is 9.20. The van der Waals surface area contributed by atoms with Gasteiger partial charge in [-0.05, 0) is 48.6 Å². The number of carbonyl (C=O) groups is 2. The molecule has 148 valence electrons. The van der Waals surface area contributed by atoms with Crippen molar-refractivity contribution < 1.29 is 24.2 Å². The van der Waals surface area contributed by atoms with Crippen molar-refractivity contribution in [3.63, 3.8) is 0 Å². The van der Waals surface area contributed by atoms with Gasteiger partial charge in [0.25, 0.3) is 0 Å². The van der Waals surface area contributed by atoms with Crippen LogP contribution in [0.25, 0.3) is 0 Å². The fourth-order valence-electron chi connectivity index (χ4n) is 3.27. The van der Waals surface area contributed by atoms with Gasteiger partial charge in [-0.15, -0.1) is 0 Å². The fraction of sp³-hybridized carbons (Fsp3) is 0.300. The van der Waals surface area contributed by atoms with Crippen molar-refractivity contribution in [3.05, 3.63) is 52.5 Å². The van der Waals surface area contributed by atoms with E-state index in [0.717, 1.165) is 18.4 Å². The largest absolute Gasteiger partial charge is 0.513 e. The van der Waals surface area contributed by atoms with Crippen LogP contribution in [0, 0.1) is 0 Å². The number of rotatable bonds is 4. The van der Waals surface area contributed by atoms with Crippen molar-refractivity contribution in [2.75, 3.05) is 18.6 Å². The van der Waals surface area contributed by atoms with Crippen LogP contribution in [0.4, 0.5) is 10.5 Å². The fourth-order valence-corrected chi connectivity index (χ4v) is 3.52. The number of hydrogen-bond acceptors (Lipinski definition) is 6. The number of ether oxygens (including phenoxy) is 2. The molecule has 0 unspecified atom stereocenters. The van der Waals surface area contributed by atoms with E-state index >= 15 is 0 Å². The molecule has 0 aliphatic carbocycles. The van der Waals surface area contributed by atoms with Crippen molar-refractivity contribution in [3.8, 4) is 11.5 Å². The van der Waals surface area contributed by atoms with E-state index < -0.39 is 12.2 Å². The summed E-state index contributed by atoms with van der Waals surface area (Å²) in [6.45, 7) is 0.497. The third-order valence-corrected chi connectivity index (χ3v) is 4.96. The van der Waals surface area contributed by atoms with Crippen LogP contribution in [0.3, 0.4) is 0 Å². The Labute approximate surface area is 167 Å². The number of amides is 1. The zero-order valence-corrected chi connectivity index (χ0v) is 16.1. The van der Waals surface area contributed by atoms with Gasteiger partial charge in [-0.2, -0.15) is 0 Å². The number of aryl methyl sites for hydroxylation is 1. The van der Waals surface area contributed by atoms with Crippen LogP contribution >= 0.6 is 11.6 Å². The molecule has 1 aliphatic heterocycles. The third-order valence-electron chi connectivity index (χ3n) is 4.61. The molecule has 2 aromatic carbocycles. The summed E-state index contributed by atoms with van der Waals surface area (Å²) in [5.41, 5.74) is 8.26. The van der Waals surface area contributed by atoms with E-state index in [4.69, 9.17) is 22.1 Å². The summed E-state index contributed by atoms with van der Waals surface area (Å²) in [4.78, 5) is 25.7. The maximum Gasteiger partial charge on any atom is 0.513 e. The Bertz CT molecular complexity index is 902. The van der Waals surface area contributed by atoms with Gasteiger partial charge in [-0.25, -0.2) is 4.79 Å². The highest BCUT2D eigenvalue weighted by molar-refractivity contribution is 6.31. The van der Waals surface area contributed by atoms with Gasteiger partial charge in [0.2, 0.25) is 5.91 Å². The van der Waals surface area contributed by atoms with Crippen molar-refractivity contribution in [2.45, 2.75) is 25.3 Å². The highest BCUT2D eigenvalue weighted by atomic mass is 35.5. The zero-order valence-electron chi connectivity index (χ0n) is 15.4. The van der Waals surface area contributed by atoms with E-state index in [1.807, 2.05) is 6.07 Å². The lowest BCUT2D eigenvalue weighted by molar-refractivity contribution is -0.119. The highest BCUT2D eigenvalue weighted by Gasteiger charge is 2.29. The summed E-state index contributed by atoms with van der Waals surface area (Å²) < 4.78 is 9.35. The van der Waals surface area contributed by atoms with Gasteiger partial charge in [-0.1, -0.05) is 29.8 Å². The van der Waals surface area contributed by atoms with Crippen molar-refractivity contribution in [1.82, 2.24) is 0 Å². The van der Waals surface area contributed by atoms with E-state index in [1.165, 1.54) is 13.2 Å². The molecule has 3 rings (SSSR count). The van der Waals surface area contributed by atoms with Crippen LogP contribution < -0.4 is 15.4 Å². The summed E-state index contributed by atoms with van der Waals surface area (Å²) in [6.07, 6.45) is 0.959. The van der Waals surface area contributed by atoms with Gasteiger partial charge in [0.05, 0.1) is 18.8 Å². The second kappa shape index (κ2) is 8.50. The predicted octanol–water partition coefficient (Wildman–Crippen LogP) is 3.04. The highest BCUT2D eigenvalue weighted by Crippen LogP contribution is 2.36. The van der Waals surface area contributed by atoms with Gasteiger partial charge in [-0.3, -0.25) is 4.79 Å². The first-order chi connectivity index (χ1) is 13.4. The summed E-state index contributed by atoms with van der Waals surface area (Å²) in [7, 11) is 1.21. The summed E-state index contributed by atoms with van der Waals surface area (Å²) in [6, 6.07) is 9.05. The first kappa shape index (κ1) is 20.0. The zero-order chi connectivity index (χ0) is 20.3. The quantitative estimate of drug-likeness (QED) is 0.599. The van der Waals surface area contributed by atoms with E-state index in [0.29, 0.717) is 22.8 Å². The molecule has 7 nitrogen and oxygen atoms in total. The minimum atomic E-state index is -0.848. The van der Waals surface area contributed by atoms with Crippen LogP contribution in [0.2, 0.25) is 5.02 Å². The van der Waals surface area contributed by atoms with Crippen molar-refractivity contribution in [1.29, 1.82) is 0 Å². The maximum atomic E-state index is 12.9. The molecule has 0 bridgehead atoms. The molecule has 0 spiro atoms. The lowest BCUT2D eigenvalue weighted by Gasteiger charge is -2.32. The summed E-state index contributed by atoms with van der Waals surface area (Å²) in [5.74, 6) is 0.0175. The maximum absolute atomic E-state index is 12.9. The predicted molar refractivity (Wildman–Crippen MR) is 105 cm³/mol. The number of benzene rings is 2. The molecule has 28 heavy (non-hydrogen) atoms. The standard InChI is InChI=1S/C20H21ClN2O5/c1-27-20(26)28-14-8-7-13(15(21)11-14)10-16(22)19(25)23-9-3-5-12-4-2-6-17(24)18(12)23/h2,4,6-8,11,16,24H,3,5,9-10,22H2,1H3/t16-/m1/s1. The number of carbonyl (C=O) groups excluding carboxylic acids is 2. The van der Waals surface area contributed by atoms with Crippen LogP contribution in [0.1, 0.15) is 17.5 Å². The van der Waals surface area contributed by atoms with Crippen molar-refractivity contribution in [2.24, 2.45) is 5.73 Å². The molecule has 0 saturated carbocycles. The average molecular weight is 405 g/mol. The molecule has 1 amide bonds. The number of phenols is 1. The topological polar surface area (TPSA) is 102 Å². The Morgan fingerprint density at radius 1 is 1.32 bits per heavy atom. The minimum Gasteiger partial charge on any atom is -0.506 e. The Kier molecular flexibility index (Phi) is 6.06. The number of methoxy groups -OCH3 is 1. The van der Waals surface area contributed by atoms with Crippen LogP contribution in [0.15, 0.2) is 36.4 Å². The van der Waals surface area contributed by atoms with Gasteiger partial charge in [0.1, 0.15) is 11.5 Å². The monoisotopic (exact) mass is 404 g/mol. The van der Waals surface area contributed by atoms with Gasteiger partial charge in [0.15, 0.2) is 0 Å². The molecule has 3 N–H and O–H groups in total. The molecule has 0 radical (unpaired) electrons. The van der Waals surface area contributed by atoms with Crippen LogP contribution in [-0.2, 0) is 22.4 Å². The van der Waals surface area contributed by atoms with Crippen LogP contribution in [-0.4, -0.2) is 36.9 Å². The molecule has 1 heterocycles. The number of anilines is 1. The molecule has 0 aromatic heterocycles. The van der Waals surface area contributed by atoms with Crippen LogP contribution in [0.5, 0.6) is 11.5 Å². The molecular weight excluding hydrogens is 384 g/mol. The molecule has 0 fully saturated rings. The lowest BCUT2D eigenvalue weighted by Crippen LogP contribution is -2.47. The second-order valence-corrected chi connectivity index (χ2v) is 6.91. The summed E-state index contributed by atoms with van der Waals surface area (Å²) >= 11 is 6.24. The summed E-state index contributed by atoms with van der Waals surface area (Å²) in [5, 5.41) is 10.5. The number of nitrogens with two attached hydrogens (primary N) is 1. The Morgan fingerprint density at radius 2 is 2.11 bits per heavy atom. The Hall–Kier alpha value is -2.77. The number of halogens is 1. The van der Waals surface area contributed by atoms with E-state index in [1.54, 1.807) is 29.2 Å². The minimum absolute atomic E-state index is 0.0695. The smallest absolute Gasteiger partial charge is 0.506 e. The SMILES string of the molecule is COC(=O)Oc1ccc(C[C@@H](N)C(=O)N2CCCc3cccc(O)c32)c(Cl)c1. The van der Waals surface area contributed by atoms with E-state index in [9.17, 15) is 14.7 Å². The number of fused-ring (bicyclic) bond motifs is 1. The van der Waals surface area contributed by atoms with Crippen molar-refractivity contribution >= 4 is 29.4 Å². The normalized spacial score (nSPS) is 14.2. The molecule has 2 aromatic rings. The molecule has 1 atom stereocenters. The second-order valence-electron chi connectivity index (χ2n) is 6.50. The van der Waals surface area contributed by atoms with E-state index in [-0.39, 0.29) is 23.8 Å².